The molecule has 0 atom stereocenters. The summed E-state index contributed by atoms with van der Waals surface area (Å²) < 4.78 is 30.8. The van der Waals surface area contributed by atoms with E-state index in [9.17, 15) is 13.6 Å². The van der Waals surface area contributed by atoms with Gasteiger partial charge in [0.2, 0.25) is 5.91 Å². The normalized spacial score (nSPS) is 9.95. The molecule has 0 bridgehead atoms. The van der Waals surface area contributed by atoms with Crippen LogP contribution < -0.4 is 15.8 Å². The topological polar surface area (TPSA) is 64.4 Å². The summed E-state index contributed by atoms with van der Waals surface area (Å²) >= 11 is 0. The highest BCUT2D eigenvalue weighted by atomic mass is 35.5. The van der Waals surface area contributed by atoms with Crippen molar-refractivity contribution in [2.75, 3.05) is 19.7 Å². The van der Waals surface area contributed by atoms with Crippen LogP contribution in [-0.4, -0.2) is 25.6 Å². The molecule has 0 saturated carbocycles. The van der Waals surface area contributed by atoms with Crippen LogP contribution in [0.2, 0.25) is 0 Å². The minimum atomic E-state index is -0.950. The van der Waals surface area contributed by atoms with E-state index < -0.39 is 11.6 Å². The maximum absolute atomic E-state index is 12.9. The van der Waals surface area contributed by atoms with Gasteiger partial charge in [0.15, 0.2) is 11.6 Å². The van der Waals surface area contributed by atoms with Crippen LogP contribution in [0.1, 0.15) is 32.1 Å². The monoisotopic (exact) mass is 336 g/mol. The zero-order valence-corrected chi connectivity index (χ0v) is 13.3. The third-order valence-corrected chi connectivity index (χ3v) is 2.94. The molecule has 0 spiro atoms. The zero-order valence-electron chi connectivity index (χ0n) is 12.4. The number of unbranched alkanes of at least 4 members (excludes halogenated alkanes) is 3. The Morgan fingerprint density at radius 3 is 2.55 bits per heavy atom. The van der Waals surface area contributed by atoms with Gasteiger partial charge in [-0.2, -0.15) is 0 Å². The second-order valence-electron chi connectivity index (χ2n) is 4.73. The Morgan fingerprint density at radius 1 is 1.14 bits per heavy atom. The molecule has 0 radical (unpaired) electrons. The van der Waals surface area contributed by atoms with Gasteiger partial charge in [-0.25, -0.2) is 8.78 Å². The van der Waals surface area contributed by atoms with Crippen molar-refractivity contribution in [1.82, 2.24) is 5.32 Å². The Morgan fingerprint density at radius 2 is 1.86 bits per heavy atom. The number of ether oxygens (including phenoxy) is 1. The minimum Gasteiger partial charge on any atom is -0.492 e. The van der Waals surface area contributed by atoms with E-state index in [1.807, 2.05) is 0 Å². The second-order valence-corrected chi connectivity index (χ2v) is 4.73. The van der Waals surface area contributed by atoms with Gasteiger partial charge in [-0.15, -0.1) is 12.4 Å². The molecule has 1 aromatic carbocycles. The van der Waals surface area contributed by atoms with Crippen LogP contribution in [0.5, 0.6) is 5.75 Å². The van der Waals surface area contributed by atoms with Crippen molar-refractivity contribution in [2.24, 2.45) is 5.73 Å². The molecule has 1 amide bonds. The smallest absolute Gasteiger partial charge is 0.220 e. The number of nitrogens with one attached hydrogen (secondary N) is 1. The van der Waals surface area contributed by atoms with Gasteiger partial charge >= 0.3 is 0 Å². The fourth-order valence-corrected chi connectivity index (χ4v) is 1.80. The fourth-order valence-electron chi connectivity index (χ4n) is 1.80. The van der Waals surface area contributed by atoms with Gasteiger partial charge < -0.3 is 15.8 Å². The summed E-state index contributed by atoms with van der Waals surface area (Å²) in [5.74, 6) is -1.65. The molecule has 0 aliphatic carbocycles. The van der Waals surface area contributed by atoms with Gasteiger partial charge in [0.1, 0.15) is 12.4 Å². The number of carbonyl (C=O) groups excluding carboxylic acids is 1. The Kier molecular flexibility index (Phi) is 11.4. The molecule has 0 aliphatic heterocycles. The number of nitrogens with two attached hydrogens (primary N) is 1. The lowest BCUT2D eigenvalue weighted by Crippen LogP contribution is -2.27. The highest BCUT2D eigenvalue weighted by Crippen LogP contribution is 2.14. The maximum Gasteiger partial charge on any atom is 0.220 e. The van der Waals surface area contributed by atoms with Gasteiger partial charge in [-0.3, -0.25) is 4.79 Å². The van der Waals surface area contributed by atoms with Crippen LogP contribution in [0.15, 0.2) is 18.2 Å². The summed E-state index contributed by atoms with van der Waals surface area (Å²) in [6, 6.07) is 3.33. The molecule has 0 saturated heterocycles. The lowest BCUT2D eigenvalue weighted by Gasteiger charge is -2.08. The Bertz CT molecular complexity index is 448. The van der Waals surface area contributed by atoms with Gasteiger partial charge in [0, 0.05) is 12.5 Å². The molecule has 3 N–H and O–H groups in total. The van der Waals surface area contributed by atoms with E-state index in [4.69, 9.17) is 10.5 Å². The second kappa shape index (κ2) is 12.2. The Labute approximate surface area is 135 Å². The average molecular weight is 337 g/mol. The molecule has 22 heavy (non-hydrogen) atoms. The van der Waals surface area contributed by atoms with Crippen molar-refractivity contribution in [3.63, 3.8) is 0 Å². The molecule has 1 aromatic rings. The number of carbonyl (C=O) groups is 1. The largest absolute Gasteiger partial charge is 0.492 e. The molecule has 0 aliphatic rings. The van der Waals surface area contributed by atoms with E-state index in [1.165, 1.54) is 6.07 Å². The first-order chi connectivity index (χ1) is 10.1. The Balaban J connectivity index is 0.00000441. The van der Waals surface area contributed by atoms with Crippen molar-refractivity contribution >= 4 is 18.3 Å². The Hall–Kier alpha value is -1.40. The lowest BCUT2D eigenvalue weighted by molar-refractivity contribution is -0.121. The van der Waals surface area contributed by atoms with Crippen molar-refractivity contribution in [3.8, 4) is 5.75 Å². The fraction of sp³-hybridized carbons (Fsp3) is 0.533. The molecule has 0 unspecified atom stereocenters. The van der Waals surface area contributed by atoms with Crippen LogP contribution in [0.4, 0.5) is 8.78 Å². The predicted molar refractivity (Wildman–Crippen MR) is 84.3 cm³/mol. The molecule has 1 rings (SSSR count). The van der Waals surface area contributed by atoms with E-state index in [0.29, 0.717) is 19.5 Å². The summed E-state index contributed by atoms with van der Waals surface area (Å²) in [6.07, 6.45) is 4.36. The average Bonchev–Trinajstić information content (AvgIpc) is 2.47. The summed E-state index contributed by atoms with van der Waals surface area (Å²) in [5.41, 5.74) is 5.38. The maximum atomic E-state index is 12.9. The van der Waals surface area contributed by atoms with Gasteiger partial charge in [0.05, 0.1) is 6.54 Å². The molecular formula is C15H23ClF2N2O2. The third kappa shape index (κ3) is 8.79. The van der Waals surface area contributed by atoms with Crippen LogP contribution in [0.3, 0.4) is 0 Å². The number of halogens is 3. The first-order valence-electron chi connectivity index (χ1n) is 7.18. The van der Waals surface area contributed by atoms with Crippen molar-refractivity contribution in [2.45, 2.75) is 32.1 Å². The summed E-state index contributed by atoms with van der Waals surface area (Å²) in [7, 11) is 0. The van der Waals surface area contributed by atoms with Crippen LogP contribution in [0, 0.1) is 11.6 Å². The number of hydrogen-bond acceptors (Lipinski definition) is 3. The highest BCUT2D eigenvalue weighted by molar-refractivity contribution is 5.85. The lowest BCUT2D eigenvalue weighted by atomic mass is 10.1. The van der Waals surface area contributed by atoms with Crippen LogP contribution in [0.25, 0.3) is 0 Å². The van der Waals surface area contributed by atoms with E-state index in [0.717, 1.165) is 37.8 Å². The van der Waals surface area contributed by atoms with Crippen molar-refractivity contribution in [1.29, 1.82) is 0 Å². The number of amides is 1. The van der Waals surface area contributed by atoms with E-state index in [-0.39, 0.29) is 30.7 Å². The SMILES string of the molecule is Cl.NCCCCCCC(=O)NCCOc1ccc(F)c(F)c1. The predicted octanol–water partition coefficient (Wildman–Crippen LogP) is 2.79. The van der Waals surface area contributed by atoms with E-state index in [2.05, 4.69) is 5.32 Å². The van der Waals surface area contributed by atoms with Gasteiger partial charge in [0.25, 0.3) is 0 Å². The van der Waals surface area contributed by atoms with Gasteiger partial charge in [-0.1, -0.05) is 12.8 Å². The molecule has 0 heterocycles. The zero-order chi connectivity index (χ0) is 15.5. The molecule has 0 aromatic heterocycles. The van der Waals surface area contributed by atoms with Crippen molar-refractivity contribution in [3.05, 3.63) is 29.8 Å². The minimum absolute atomic E-state index is 0. The molecule has 126 valence electrons. The third-order valence-electron chi connectivity index (χ3n) is 2.94. The van der Waals surface area contributed by atoms with Crippen LogP contribution >= 0.6 is 12.4 Å². The van der Waals surface area contributed by atoms with Gasteiger partial charge in [-0.05, 0) is 31.5 Å². The molecular weight excluding hydrogens is 314 g/mol. The van der Waals surface area contributed by atoms with Crippen LogP contribution in [-0.2, 0) is 4.79 Å². The van der Waals surface area contributed by atoms with E-state index >= 15 is 0 Å². The quantitative estimate of drug-likeness (QED) is 0.646. The number of rotatable bonds is 10. The first kappa shape index (κ1) is 20.6. The molecule has 4 nitrogen and oxygen atoms in total. The number of hydrogen-bond donors (Lipinski definition) is 2. The number of benzene rings is 1. The highest BCUT2D eigenvalue weighted by Gasteiger charge is 2.04. The first-order valence-corrected chi connectivity index (χ1v) is 7.18. The van der Waals surface area contributed by atoms with E-state index in [1.54, 1.807) is 0 Å². The molecule has 0 fully saturated rings. The molecule has 7 heteroatoms. The van der Waals surface area contributed by atoms with Crippen molar-refractivity contribution < 1.29 is 18.3 Å². The summed E-state index contributed by atoms with van der Waals surface area (Å²) in [5, 5.41) is 2.71. The summed E-state index contributed by atoms with van der Waals surface area (Å²) in [4.78, 5) is 11.5. The summed E-state index contributed by atoms with van der Waals surface area (Å²) in [6.45, 7) is 1.23. The standard InChI is InChI=1S/C15H22F2N2O2.ClH/c16-13-7-6-12(11-14(13)17)21-10-9-19-15(20)5-3-1-2-4-8-18;/h6-7,11H,1-5,8-10,18H2,(H,19,20);1H.